The first-order chi connectivity index (χ1) is 9.28. The number of aromatic nitrogens is 2. The SMILES string of the molecule is CCn1nccc1OC(=O)c1ccc2c(c1)OCO2. The van der Waals surface area contributed by atoms with E-state index in [-0.39, 0.29) is 6.79 Å². The van der Waals surface area contributed by atoms with Crippen LogP contribution < -0.4 is 14.2 Å². The zero-order valence-corrected chi connectivity index (χ0v) is 10.3. The van der Waals surface area contributed by atoms with Crippen LogP contribution in [0.3, 0.4) is 0 Å². The van der Waals surface area contributed by atoms with Crippen molar-refractivity contribution in [3.05, 3.63) is 36.0 Å². The van der Waals surface area contributed by atoms with Crippen LogP contribution in [0, 0.1) is 0 Å². The van der Waals surface area contributed by atoms with Gasteiger partial charge in [0, 0.05) is 12.6 Å². The van der Waals surface area contributed by atoms with Gasteiger partial charge in [0.05, 0.1) is 11.8 Å². The third-order valence-corrected chi connectivity index (χ3v) is 2.78. The van der Waals surface area contributed by atoms with E-state index in [0.717, 1.165) is 0 Å². The molecule has 0 spiro atoms. The number of carbonyl (C=O) groups excluding carboxylic acids is 1. The van der Waals surface area contributed by atoms with Gasteiger partial charge in [-0.15, -0.1) is 0 Å². The van der Waals surface area contributed by atoms with Gasteiger partial charge < -0.3 is 14.2 Å². The average molecular weight is 260 g/mol. The Bertz CT molecular complexity index is 621. The van der Waals surface area contributed by atoms with Gasteiger partial charge in [0.15, 0.2) is 11.5 Å². The molecule has 3 rings (SSSR count). The lowest BCUT2D eigenvalue weighted by Gasteiger charge is -2.06. The molecule has 0 amide bonds. The van der Waals surface area contributed by atoms with Crippen LogP contribution >= 0.6 is 0 Å². The van der Waals surface area contributed by atoms with Crippen molar-refractivity contribution in [1.82, 2.24) is 9.78 Å². The molecule has 0 atom stereocenters. The van der Waals surface area contributed by atoms with E-state index in [0.29, 0.717) is 29.5 Å². The number of aryl methyl sites for hydroxylation is 1. The van der Waals surface area contributed by atoms with Crippen LogP contribution in [0.5, 0.6) is 17.4 Å². The number of rotatable bonds is 3. The molecule has 1 aromatic carbocycles. The van der Waals surface area contributed by atoms with Crippen molar-refractivity contribution in [1.29, 1.82) is 0 Å². The van der Waals surface area contributed by atoms with Crippen LogP contribution in [0.1, 0.15) is 17.3 Å². The van der Waals surface area contributed by atoms with Gasteiger partial charge in [-0.3, -0.25) is 0 Å². The smallest absolute Gasteiger partial charge is 0.344 e. The molecule has 0 unspecified atom stereocenters. The topological polar surface area (TPSA) is 62.6 Å². The highest BCUT2D eigenvalue weighted by molar-refractivity contribution is 5.91. The van der Waals surface area contributed by atoms with Gasteiger partial charge in [-0.1, -0.05) is 0 Å². The maximum Gasteiger partial charge on any atom is 0.344 e. The van der Waals surface area contributed by atoms with Gasteiger partial charge in [-0.25, -0.2) is 9.48 Å². The predicted octanol–water partition coefficient (Wildman–Crippen LogP) is 1.85. The molecule has 19 heavy (non-hydrogen) atoms. The number of carbonyl (C=O) groups is 1. The van der Waals surface area contributed by atoms with Gasteiger partial charge in [-0.05, 0) is 25.1 Å². The van der Waals surface area contributed by atoms with Crippen LogP contribution in [0.2, 0.25) is 0 Å². The fourth-order valence-electron chi connectivity index (χ4n) is 1.82. The molecular formula is C13H12N2O4. The summed E-state index contributed by atoms with van der Waals surface area (Å²) in [5, 5.41) is 4.03. The normalized spacial score (nSPS) is 12.5. The minimum absolute atomic E-state index is 0.177. The Kier molecular flexibility index (Phi) is 2.83. The minimum Gasteiger partial charge on any atom is -0.454 e. The first-order valence-electron chi connectivity index (χ1n) is 5.91. The number of ether oxygens (including phenoxy) is 3. The van der Waals surface area contributed by atoms with Gasteiger partial charge in [0.2, 0.25) is 12.7 Å². The molecule has 2 heterocycles. The van der Waals surface area contributed by atoms with Crippen LogP contribution in [0.15, 0.2) is 30.5 Å². The van der Waals surface area contributed by atoms with Crippen molar-refractivity contribution in [2.45, 2.75) is 13.5 Å². The quantitative estimate of drug-likeness (QED) is 0.788. The van der Waals surface area contributed by atoms with E-state index in [4.69, 9.17) is 14.2 Å². The number of fused-ring (bicyclic) bond motifs is 1. The highest BCUT2D eigenvalue weighted by Gasteiger charge is 2.18. The zero-order valence-electron chi connectivity index (χ0n) is 10.3. The third-order valence-electron chi connectivity index (χ3n) is 2.78. The molecule has 6 heteroatoms. The van der Waals surface area contributed by atoms with E-state index in [1.54, 1.807) is 35.1 Å². The minimum atomic E-state index is -0.450. The summed E-state index contributed by atoms with van der Waals surface area (Å²) in [6.07, 6.45) is 1.59. The van der Waals surface area contributed by atoms with Crippen molar-refractivity contribution in [3.63, 3.8) is 0 Å². The average Bonchev–Trinajstić information content (AvgIpc) is 3.05. The van der Waals surface area contributed by atoms with Crippen LogP contribution in [0.25, 0.3) is 0 Å². The summed E-state index contributed by atoms with van der Waals surface area (Å²) in [4.78, 5) is 12.0. The number of esters is 1. The van der Waals surface area contributed by atoms with E-state index >= 15 is 0 Å². The highest BCUT2D eigenvalue weighted by atomic mass is 16.7. The molecule has 98 valence electrons. The summed E-state index contributed by atoms with van der Waals surface area (Å²) in [5.41, 5.74) is 0.410. The number of hydrogen-bond donors (Lipinski definition) is 0. The maximum atomic E-state index is 12.0. The van der Waals surface area contributed by atoms with Crippen LogP contribution in [0.4, 0.5) is 0 Å². The van der Waals surface area contributed by atoms with Crippen LogP contribution in [-0.4, -0.2) is 22.5 Å². The molecule has 0 radical (unpaired) electrons. The summed E-state index contributed by atoms with van der Waals surface area (Å²) in [6.45, 7) is 2.73. The largest absolute Gasteiger partial charge is 0.454 e. The van der Waals surface area contributed by atoms with E-state index in [1.165, 1.54) is 0 Å². The molecule has 1 aromatic heterocycles. The summed E-state index contributed by atoms with van der Waals surface area (Å²) >= 11 is 0. The number of nitrogens with zero attached hydrogens (tertiary/aromatic N) is 2. The zero-order chi connectivity index (χ0) is 13.2. The molecule has 1 aliphatic heterocycles. The maximum absolute atomic E-state index is 12.0. The second-order valence-electron chi connectivity index (χ2n) is 3.94. The molecule has 2 aromatic rings. The van der Waals surface area contributed by atoms with Crippen molar-refractivity contribution in [2.24, 2.45) is 0 Å². The molecule has 0 saturated heterocycles. The summed E-state index contributed by atoms with van der Waals surface area (Å²) in [6, 6.07) is 6.59. The monoisotopic (exact) mass is 260 g/mol. The van der Waals surface area contributed by atoms with E-state index < -0.39 is 5.97 Å². The van der Waals surface area contributed by atoms with Gasteiger partial charge in [-0.2, -0.15) is 5.10 Å². The molecule has 0 aliphatic carbocycles. The first kappa shape index (κ1) is 11.6. The van der Waals surface area contributed by atoms with Gasteiger partial charge >= 0.3 is 5.97 Å². The Morgan fingerprint density at radius 1 is 1.37 bits per heavy atom. The molecule has 1 aliphatic rings. The first-order valence-corrected chi connectivity index (χ1v) is 5.91. The summed E-state index contributed by atoms with van der Waals surface area (Å²) < 4.78 is 17.3. The Labute approximate surface area is 109 Å². The lowest BCUT2D eigenvalue weighted by molar-refractivity contribution is 0.0718. The molecule has 0 saturated carbocycles. The molecule has 0 N–H and O–H groups in total. The molecule has 0 bridgehead atoms. The van der Waals surface area contributed by atoms with Crippen LogP contribution in [-0.2, 0) is 6.54 Å². The number of hydrogen-bond acceptors (Lipinski definition) is 5. The van der Waals surface area contributed by atoms with Crippen molar-refractivity contribution in [2.75, 3.05) is 6.79 Å². The van der Waals surface area contributed by atoms with E-state index in [1.807, 2.05) is 6.92 Å². The highest BCUT2D eigenvalue weighted by Crippen LogP contribution is 2.32. The Hall–Kier alpha value is -2.50. The fraction of sp³-hybridized carbons (Fsp3) is 0.231. The predicted molar refractivity (Wildman–Crippen MR) is 65.4 cm³/mol. The summed E-state index contributed by atoms with van der Waals surface area (Å²) in [5.74, 6) is 1.16. The van der Waals surface area contributed by atoms with Crippen molar-refractivity contribution >= 4 is 5.97 Å². The van der Waals surface area contributed by atoms with Gasteiger partial charge in [0.1, 0.15) is 0 Å². The lowest BCUT2D eigenvalue weighted by Crippen LogP contribution is -2.12. The second kappa shape index (κ2) is 4.64. The summed E-state index contributed by atoms with van der Waals surface area (Å²) in [7, 11) is 0. The molecule has 6 nitrogen and oxygen atoms in total. The molecule has 0 fully saturated rings. The Morgan fingerprint density at radius 3 is 3.05 bits per heavy atom. The number of benzene rings is 1. The van der Waals surface area contributed by atoms with E-state index in [9.17, 15) is 4.79 Å². The second-order valence-corrected chi connectivity index (χ2v) is 3.94. The Morgan fingerprint density at radius 2 is 2.21 bits per heavy atom. The van der Waals surface area contributed by atoms with Crippen molar-refractivity contribution < 1.29 is 19.0 Å². The fourth-order valence-corrected chi connectivity index (χ4v) is 1.82. The lowest BCUT2D eigenvalue weighted by atomic mass is 10.2. The standard InChI is InChI=1S/C13H12N2O4/c1-2-15-12(5-6-14-15)19-13(16)9-3-4-10-11(7-9)18-8-17-10/h3-7H,2,8H2,1H3. The van der Waals surface area contributed by atoms with Gasteiger partial charge in [0.25, 0.3) is 0 Å². The Balaban J connectivity index is 1.81. The van der Waals surface area contributed by atoms with E-state index in [2.05, 4.69) is 5.10 Å². The molecular weight excluding hydrogens is 248 g/mol. The van der Waals surface area contributed by atoms with Crippen molar-refractivity contribution in [3.8, 4) is 17.4 Å². The third kappa shape index (κ3) is 2.12.